The van der Waals surface area contributed by atoms with Gasteiger partial charge in [0, 0.05) is 29.6 Å². The molecule has 0 spiro atoms. The molecule has 0 unspecified atom stereocenters. The van der Waals surface area contributed by atoms with Crippen LogP contribution in [0.5, 0.6) is 5.75 Å². The number of nitrogens with zero attached hydrogens (tertiary/aromatic N) is 3. The summed E-state index contributed by atoms with van der Waals surface area (Å²) < 4.78 is 10.7. The van der Waals surface area contributed by atoms with Crippen LogP contribution in [0, 0.1) is 0 Å². The van der Waals surface area contributed by atoms with Crippen molar-refractivity contribution < 1.29 is 14.1 Å². The molecule has 0 aliphatic carbocycles. The number of hydrogen-bond acceptors (Lipinski definition) is 5. The SMILES string of the molecule is COc1ccc(-c2noc(C3CCN(C(=O)c4ccc(Cl)cc4Cl)CC3)n2)cc1. The zero-order valence-electron chi connectivity index (χ0n) is 15.8. The molecule has 150 valence electrons. The van der Waals surface area contributed by atoms with Crippen molar-refractivity contribution in [2.75, 3.05) is 20.2 Å². The van der Waals surface area contributed by atoms with Gasteiger partial charge in [-0.25, -0.2) is 0 Å². The van der Waals surface area contributed by atoms with Crippen molar-refractivity contribution in [3.05, 3.63) is 64.0 Å². The lowest BCUT2D eigenvalue weighted by molar-refractivity contribution is 0.0704. The van der Waals surface area contributed by atoms with E-state index >= 15 is 0 Å². The van der Waals surface area contributed by atoms with Crippen LogP contribution in [-0.2, 0) is 0 Å². The molecule has 2 aromatic carbocycles. The molecule has 1 aliphatic rings. The first-order valence-corrected chi connectivity index (χ1v) is 10.0. The number of benzene rings is 2. The Kier molecular flexibility index (Phi) is 5.74. The molecule has 0 N–H and O–H groups in total. The quantitative estimate of drug-likeness (QED) is 0.576. The van der Waals surface area contributed by atoms with Crippen LogP contribution in [0.3, 0.4) is 0 Å². The van der Waals surface area contributed by atoms with Crippen LogP contribution in [0.2, 0.25) is 10.0 Å². The van der Waals surface area contributed by atoms with E-state index in [2.05, 4.69) is 10.1 Å². The lowest BCUT2D eigenvalue weighted by atomic mass is 9.96. The van der Waals surface area contributed by atoms with E-state index in [1.54, 1.807) is 30.2 Å². The molecule has 1 saturated heterocycles. The standard InChI is InChI=1S/C21H19Cl2N3O3/c1-28-16-5-2-13(3-6-16)19-24-20(29-25-19)14-8-10-26(11-9-14)21(27)17-7-4-15(22)12-18(17)23/h2-7,12,14H,8-11H2,1H3. The number of aromatic nitrogens is 2. The Morgan fingerprint density at radius 3 is 2.52 bits per heavy atom. The minimum Gasteiger partial charge on any atom is -0.497 e. The van der Waals surface area contributed by atoms with Crippen LogP contribution in [0.4, 0.5) is 0 Å². The molecule has 29 heavy (non-hydrogen) atoms. The fourth-order valence-electron chi connectivity index (χ4n) is 3.42. The monoisotopic (exact) mass is 431 g/mol. The molecule has 1 aromatic heterocycles. The topological polar surface area (TPSA) is 68.5 Å². The van der Waals surface area contributed by atoms with E-state index in [9.17, 15) is 4.79 Å². The Hall–Kier alpha value is -2.57. The molecule has 4 rings (SSSR count). The van der Waals surface area contributed by atoms with E-state index in [0.717, 1.165) is 24.2 Å². The Morgan fingerprint density at radius 2 is 1.86 bits per heavy atom. The predicted molar refractivity (Wildman–Crippen MR) is 111 cm³/mol. The summed E-state index contributed by atoms with van der Waals surface area (Å²) in [4.78, 5) is 19.1. The van der Waals surface area contributed by atoms with E-state index < -0.39 is 0 Å². The summed E-state index contributed by atoms with van der Waals surface area (Å²) in [6.07, 6.45) is 1.50. The molecule has 3 aromatic rings. The lowest BCUT2D eigenvalue weighted by Crippen LogP contribution is -2.38. The van der Waals surface area contributed by atoms with Crippen molar-refractivity contribution >= 4 is 29.1 Å². The van der Waals surface area contributed by atoms with E-state index in [4.69, 9.17) is 32.5 Å². The van der Waals surface area contributed by atoms with Gasteiger partial charge in [0.15, 0.2) is 0 Å². The van der Waals surface area contributed by atoms with Crippen LogP contribution < -0.4 is 4.74 Å². The number of hydrogen-bond donors (Lipinski definition) is 0. The van der Waals surface area contributed by atoms with Crippen molar-refractivity contribution in [3.8, 4) is 17.1 Å². The third-order valence-corrected chi connectivity index (χ3v) is 5.63. The summed E-state index contributed by atoms with van der Waals surface area (Å²) in [5.41, 5.74) is 1.33. The third kappa shape index (κ3) is 4.23. The van der Waals surface area contributed by atoms with E-state index in [-0.39, 0.29) is 11.8 Å². The molecule has 0 radical (unpaired) electrons. The number of likely N-dealkylation sites (tertiary alicyclic amines) is 1. The van der Waals surface area contributed by atoms with Crippen LogP contribution in [-0.4, -0.2) is 41.1 Å². The van der Waals surface area contributed by atoms with Gasteiger partial charge >= 0.3 is 0 Å². The molecule has 0 atom stereocenters. The zero-order chi connectivity index (χ0) is 20.4. The number of halogens is 2. The van der Waals surface area contributed by atoms with Gasteiger partial charge in [-0.2, -0.15) is 4.98 Å². The van der Waals surface area contributed by atoms with E-state index in [0.29, 0.717) is 40.4 Å². The maximum Gasteiger partial charge on any atom is 0.255 e. The molecule has 1 aliphatic heterocycles. The van der Waals surface area contributed by atoms with Gasteiger partial charge in [-0.15, -0.1) is 0 Å². The van der Waals surface area contributed by atoms with Crippen LogP contribution in [0.25, 0.3) is 11.4 Å². The second kappa shape index (κ2) is 8.43. The highest BCUT2D eigenvalue weighted by atomic mass is 35.5. The predicted octanol–water partition coefficient (Wildman–Crippen LogP) is 5.07. The third-order valence-electron chi connectivity index (χ3n) is 5.08. The molecular formula is C21H19Cl2N3O3. The van der Waals surface area contributed by atoms with E-state index in [1.807, 2.05) is 24.3 Å². The maximum atomic E-state index is 12.8. The number of methoxy groups -OCH3 is 1. The van der Waals surface area contributed by atoms with Gasteiger partial charge < -0.3 is 14.2 Å². The van der Waals surface area contributed by atoms with Crippen molar-refractivity contribution in [3.63, 3.8) is 0 Å². The van der Waals surface area contributed by atoms with Gasteiger partial charge in [0.1, 0.15) is 5.75 Å². The highest BCUT2D eigenvalue weighted by Crippen LogP contribution is 2.30. The van der Waals surface area contributed by atoms with Crippen LogP contribution in [0.1, 0.15) is 35.0 Å². The minimum atomic E-state index is -0.0884. The van der Waals surface area contributed by atoms with Gasteiger partial charge in [0.05, 0.1) is 17.7 Å². The fraction of sp³-hybridized carbons (Fsp3) is 0.286. The van der Waals surface area contributed by atoms with Gasteiger partial charge in [0.25, 0.3) is 5.91 Å². The summed E-state index contributed by atoms with van der Waals surface area (Å²) in [5, 5.41) is 4.98. The second-order valence-corrected chi connectivity index (χ2v) is 7.72. The van der Waals surface area contributed by atoms with Crippen molar-refractivity contribution in [1.29, 1.82) is 0 Å². The molecule has 2 heterocycles. The van der Waals surface area contributed by atoms with Crippen LogP contribution in [0.15, 0.2) is 47.0 Å². The highest BCUT2D eigenvalue weighted by Gasteiger charge is 2.29. The molecule has 0 bridgehead atoms. The molecule has 0 saturated carbocycles. The summed E-state index contributed by atoms with van der Waals surface area (Å²) in [6.45, 7) is 1.20. The first-order valence-electron chi connectivity index (χ1n) is 9.27. The first-order chi connectivity index (χ1) is 14.0. The Labute approximate surface area is 178 Å². The zero-order valence-corrected chi connectivity index (χ0v) is 17.3. The average molecular weight is 432 g/mol. The summed E-state index contributed by atoms with van der Waals surface area (Å²) in [5.74, 6) is 1.96. The largest absolute Gasteiger partial charge is 0.497 e. The van der Waals surface area contributed by atoms with Crippen molar-refractivity contribution in [2.24, 2.45) is 0 Å². The number of piperidine rings is 1. The smallest absolute Gasteiger partial charge is 0.255 e. The fourth-order valence-corrected chi connectivity index (χ4v) is 3.91. The van der Waals surface area contributed by atoms with Crippen LogP contribution >= 0.6 is 23.2 Å². The maximum absolute atomic E-state index is 12.8. The molecule has 8 heteroatoms. The molecular weight excluding hydrogens is 413 g/mol. The van der Waals surface area contributed by atoms with Crippen molar-refractivity contribution in [1.82, 2.24) is 15.0 Å². The van der Waals surface area contributed by atoms with Gasteiger partial charge in [-0.3, -0.25) is 4.79 Å². The number of amides is 1. The van der Waals surface area contributed by atoms with Gasteiger partial charge in [0.2, 0.25) is 11.7 Å². The van der Waals surface area contributed by atoms with Gasteiger partial charge in [-0.05, 0) is 55.3 Å². The normalized spacial score (nSPS) is 14.8. The number of carbonyl (C=O) groups is 1. The average Bonchev–Trinajstić information content (AvgIpc) is 3.24. The minimum absolute atomic E-state index is 0.0884. The number of carbonyl (C=O) groups excluding carboxylic acids is 1. The second-order valence-electron chi connectivity index (χ2n) is 6.88. The Morgan fingerprint density at radius 1 is 1.14 bits per heavy atom. The van der Waals surface area contributed by atoms with Crippen molar-refractivity contribution in [2.45, 2.75) is 18.8 Å². The van der Waals surface area contributed by atoms with Gasteiger partial charge in [-0.1, -0.05) is 28.4 Å². The highest BCUT2D eigenvalue weighted by molar-refractivity contribution is 6.36. The first kappa shape index (κ1) is 19.7. The summed E-state index contributed by atoms with van der Waals surface area (Å²) in [7, 11) is 1.62. The number of ether oxygens (including phenoxy) is 1. The van der Waals surface area contributed by atoms with E-state index in [1.165, 1.54) is 0 Å². The Bertz CT molecular complexity index is 1010. The molecule has 6 nitrogen and oxygen atoms in total. The molecule has 1 amide bonds. The molecule has 1 fully saturated rings. The Balaban J connectivity index is 1.40. The number of rotatable bonds is 4. The lowest BCUT2D eigenvalue weighted by Gasteiger charge is -2.30. The summed E-state index contributed by atoms with van der Waals surface area (Å²) >= 11 is 12.1. The summed E-state index contributed by atoms with van der Waals surface area (Å²) in [6, 6.07) is 12.4.